The average Bonchev–Trinajstić information content (AvgIpc) is 2.19. The molecule has 0 fully saturated rings. The van der Waals surface area contributed by atoms with Crippen molar-refractivity contribution in [1.29, 1.82) is 5.26 Å². The first-order valence-electron chi connectivity index (χ1n) is 4.48. The molecule has 0 saturated heterocycles. The van der Waals surface area contributed by atoms with Crippen LogP contribution in [0.3, 0.4) is 0 Å². The average molecular weight is 175 g/mol. The summed E-state index contributed by atoms with van der Waals surface area (Å²) < 4.78 is 5.44. The van der Waals surface area contributed by atoms with Crippen molar-refractivity contribution in [2.45, 2.75) is 19.3 Å². The molecule has 0 atom stereocenters. The summed E-state index contributed by atoms with van der Waals surface area (Å²) in [4.78, 5) is 0. The maximum atomic E-state index is 8.29. The van der Waals surface area contributed by atoms with Gasteiger partial charge in [0, 0.05) is 6.42 Å². The molecule has 1 aromatic rings. The van der Waals surface area contributed by atoms with Crippen LogP contribution in [-0.2, 0) is 0 Å². The van der Waals surface area contributed by atoms with Gasteiger partial charge in [0.15, 0.2) is 0 Å². The second-order valence-electron chi connectivity index (χ2n) is 2.78. The van der Waals surface area contributed by atoms with Gasteiger partial charge in [0.1, 0.15) is 5.75 Å². The molecule has 1 rings (SSSR count). The van der Waals surface area contributed by atoms with E-state index in [2.05, 4.69) is 6.07 Å². The Hall–Kier alpha value is -1.49. The summed E-state index contributed by atoms with van der Waals surface area (Å²) in [5.74, 6) is 0.902. The molecular formula is C11H13NO. The van der Waals surface area contributed by atoms with Crippen molar-refractivity contribution in [3.63, 3.8) is 0 Å². The van der Waals surface area contributed by atoms with E-state index in [0.717, 1.165) is 18.6 Å². The Morgan fingerprint density at radius 2 is 1.92 bits per heavy atom. The first-order valence-corrected chi connectivity index (χ1v) is 4.48. The zero-order valence-corrected chi connectivity index (χ0v) is 7.57. The van der Waals surface area contributed by atoms with Gasteiger partial charge in [-0.15, -0.1) is 0 Å². The van der Waals surface area contributed by atoms with Crippen molar-refractivity contribution >= 4 is 0 Å². The van der Waals surface area contributed by atoms with Crippen molar-refractivity contribution < 1.29 is 4.74 Å². The van der Waals surface area contributed by atoms with E-state index in [1.165, 1.54) is 0 Å². The SMILES string of the molecule is N#CCCCCOc1ccccc1. The third kappa shape index (κ3) is 4.17. The molecule has 0 aliphatic rings. The molecule has 0 aliphatic heterocycles. The lowest BCUT2D eigenvalue weighted by Crippen LogP contribution is -1.96. The van der Waals surface area contributed by atoms with Crippen LogP contribution in [0.2, 0.25) is 0 Å². The summed E-state index contributed by atoms with van der Waals surface area (Å²) in [6, 6.07) is 11.8. The smallest absolute Gasteiger partial charge is 0.119 e. The molecule has 0 N–H and O–H groups in total. The number of benzene rings is 1. The number of hydrogen-bond acceptors (Lipinski definition) is 2. The topological polar surface area (TPSA) is 33.0 Å². The number of rotatable bonds is 5. The lowest BCUT2D eigenvalue weighted by atomic mass is 10.2. The Balaban J connectivity index is 2.11. The number of nitriles is 1. The predicted molar refractivity (Wildman–Crippen MR) is 51.4 cm³/mol. The summed E-state index contributed by atoms with van der Waals surface area (Å²) in [7, 11) is 0. The zero-order chi connectivity index (χ0) is 9.36. The molecule has 0 radical (unpaired) electrons. The van der Waals surface area contributed by atoms with Crippen molar-refractivity contribution in [2.75, 3.05) is 6.61 Å². The van der Waals surface area contributed by atoms with Crippen LogP contribution >= 0.6 is 0 Å². The van der Waals surface area contributed by atoms with Crippen LogP contribution in [0.25, 0.3) is 0 Å². The van der Waals surface area contributed by atoms with Crippen LogP contribution in [-0.4, -0.2) is 6.61 Å². The fourth-order valence-corrected chi connectivity index (χ4v) is 1.01. The van der Waals surface area contributed by atoms with Gasteiger partial charge in [-0.05, 0) is 25.0 Å². The second kappa shape index (κ2) is 6.07. The van der Waals surface area contributed by atoms with Crippen molar-refractivity contribution in [2.24, 2.45) is 0 Å². The second-order valence-corrected chi connectivity index (χ2v) is 2.78. The third-order valence-corrected chi connectivity index (χ3v) is 1.69. The van der Waals surface area contributed by atoms with E-state index in [-0.39, 0.29) is 0 Å². The van der Waals surface area contributed by atoms with Crippen LogP contribution in [0.4, 0.5) is 0 Å². The highest BCUT2D eigenvalue weighted by atomic mass is 16.5. The van der Waals surface area contributed by atoms with Gasteiger partial charge in [-0.25, -0.2) is 0 Å². The summed E-state index contributed by atoms with van der Waals surface area (Å²) in [6.07, 6.45) is 2.49. The third-order valence-electron chi connectivity index (χ3n) is 1.69. The van der Waals surface area contributed by atoms with Gasteiger partial charge in [0.2, 0.25) is 0 Å². The van der Waals surface area contributed by atoms with Gasteiger partial charge in [0.05, 0.1) is 12.7 Å². The molecule has 0 aliphatic carbocycles. The van der Waals surface area contributed by atoms with Gasteiger partial charge >= 0.3 is 0 Å². The first-order chi connectivity index (χ1) is 6.43. The van der Waals surface area contributed by atoms with Crippen LogP contribution in [0, 0.1) is 11.3 Å². The predicted octanol–water partition coefficient (Wildman–Crippen LogP) is 2.76. The Labute approximate surface area is 78.8 Å². The molecular weight excluding hydrogens is 162 g/mol. The largest absolute Gasteiger partial charge is 0.494 e. The lowest BCUT2D eigenvalue weighted by molar-refractivity contribution is 0.307. The fourth-order valence-electron chi connectivity index (χ4n) is 1.01. The minimum absolute atomic E-state index is 0.623. The molecule has 0 heterocycles. The van der Waals surface area contributed by atoms with Crippen LogP contribution in [0.15, 0.2) is 30.3 Å². The Kier molecular flexibility index (Phi) is 4.48. The first kappa shape index (κ1) is 9.60. The summed E-state index contributed by atoms with van der Waals surface area (Å²) in [6.45, 7) is 0.700. The number of ether oxygens (including phenoxy) is 1. The number of hydrogen-bond donors (Lipinski definition) is 0. The van der Waals surface area contributed by atoms with E-state index in [1.807, 2.05) is 30.3 Å². The molecule has 0 bridgehead atoms. The summed E-state index contributed by atoms with van der Waals surface area (Å²) >= 11 is 0. The quantitative estimate of drug-likeness (QED) is 0.644. The Morgan fingerprint density at radius 1 is 1.15 bits per heavy atom. The maximum Gasteiger partial charge on any atom is 0.119 e. The molecule has 0 unspecified atom stereocenters. The lowest BCUT2D eigenvalue weighted by Gasteiger charge is -2.03. The molecule has 0 amide bonds. The van der Waals surface area contributed by atoms with E-state index in [9.17, 15) is 0 Å². The minimum Gasteiger partial charge on any atom is -0.494 e. The Bertz CT molecular complexity index is 263. The molecule has 0 saturated carbocycles. The summed E-state index contributed by atoms with van der Waals surface area (Å²) in [5.41, 5.74) is 0. The van der Waals surface area contributed by atoms with Crippen molar-refractivity contribution in [3.05, 3.63) is 30.3 Å². The monoisotopic (exact) mass is 175 g/mol. The van der Waals surface area contributed by atoms with E-state index < -0.39 is 0 Å². The number of para-hydroxylation sites is 1. The van der Waals surface area contributed by atoms with Gasteiger partial charge in [-0.3, -0.25) is 0 Å². The molecule has 1 aromatic carbocycles. The molecule has 68 valence electrons. The number of unbranched alkanes of at least 4 members (excludes halogenated alkanes) is 2. The highest BCUT2D eigenvalue weighted by Gasteiger charge is 1.91. The zero-order valence-electron chi connectivity index (χ0n) is 7.57. The number of nitrogens with zero attached hydrogens (tertiary/aromatic N) is 1. The molecule has 2 nitrogen and oxygen atoms in total. The van der Waals surface area contributed by atoms with Crippen LogP contribution in [0.1, 0.15) is 19.3 Å². The maximum absolute atomic E-state index is 8.29. The van der Waals surface area contributed by atoms with Crippen LogP contribution < -0.4 is 4.74 Å². The van der Waals surface area contributed by atoms with E-state index >= 15 is 0 Å². The Morgan fingerprint density at radius 3 is 2.62 bits per heavy atom. The van der Waals surface area contributed by atoms with Gasteiger partial charge in [-0.1, -0.05) is 18.2 Å². The standard InChI is InChI=1S/C11H13NO/c12-9-5-2-6-10-13-11-7-3-1-4-8-11/h1,3-4,7-8H,2,5-6,10H2. The normalized spacial score (nSPS) is 9.15. The van der Waals surface area contributed by atoms with Gasteiger partial charge in [-0.2, -0.15) is 5.26 Å². The van der Waals surface area contributed by atoms with Crippen molar-refractivity contribution in [3.8, 4) is 11.8 Å². The fraction of sp³-hybridized carbons (Fsp3) is 0.364. The molecule has 0 aromatic heterocycles. The molecule has 13 heavy (non-hydrogen) atoms. The van der Waals surface area contributed by atoms with Crippen LogP contribution in [0.5, 0.6) is 5.75 Å². The van der Waals surface area contributed by atoms with E-state index in [1.54, 1.807) is 0 Å². The molecule has 2 heteroatoms. The minimum atomic E-state index is 0.623. The highest BCUT2D eigenvalue weighted by molar-refractivity contribution is 5.20. The van der Waals surface area contributed by atoms with Gasteiger partial charge < -0.3 is 4.74 Å². The summed E-state index contributed by atoms with van der Waals surface area (Å²) in [5, 5.41) is 8.29. The van der Waals surface area contributed by atoms with E-state index in [0.29, 0.717) is 13.0 Å². The van der Waals surface area contributed by atoms with Crippen molar-refractivity contribution in [1.82, 2.24) is 0 Å². The highest BCUT2D eigenvalue weighted by Crippen LogP contribution is 2.08. The van der Waals surface area contributed by atoms with E-state index in [4.69, 9.17) is 10.00 Å². The van der Waals surface area contributed by atoms with Gasteiger partial charge in [0.25, 0.3) is 0 Å². The molecule has 0 spiro atoms.